The van der Waals surface area contributed by atoms with Gasteiger partial charge in [0, 0.05) is 42.7 Å². The lowest BCUT2D eigenvalue weighted by Crippen LogP contribution is -2.55. The molecule has 1 aromatic carbocycles. The van der Waals surface area contributed by atoms with E-state index >= 15 is 0 Å². The summed E-state index contributed by atoms with van der Waals surface area (Å²) >= 11 is 1.66. The van der Waals surface area contributed by atoms with Crippen LogP contribution in [0.3, 0.4) is 0 Å². The lowest BCUT2D eigenvalue weighted by atomic mass is 9.74. The summed E-state index contributed by atoms with van der Waals surface area (Å²) in [6.45, 7) is 3.69. The molecule has 7 nitrogen and oxygen atoms in total. The number of hydrogen-bond acceptors (Lipinski definition) is 5. The predicted molar refractivity (Wildman–Crippen MR) is 158 cm³/mol. The molecule has 0 bridgehead atoms. The first kappa shape index (κ1) is 27.6. The lowest BCUT2D eigenvalue weighted by molar-refractivity contribution is -0.144. The minimum atomic E-state index is -0.798. The molecule has 1 aliphatic carbocycles. The fourth-order valence-electron chi connectivity index (χ4n) is 7.91. The minimum absolute atomic E-state index is 0.0406. The van der Waals surface area contributed by atoms with Gasteiger partial charge in [0.25, 0.3) is 0 Å². The molecular weight excluding hydrogens is 522 g/mol. The van der Waals surface area contributed by atoms with Crippen LogP contribution in [0.5, 0.6) is 0 Å². The van der Waals surface area contributed by atoms with Crippen molar-refractivity contribution in [3.05, 3.63) is 54.6 Å². The first-order valence-electron chi connectivity index (χ1n) is 15.0. The number of rotatable bonds is 7. The fraction of sp³-hybridized carbons (Fsp3) is 0.594. The molecule has 0 aromatic heterocycles. The third-order valence-corrected chi connectivity index (χ3v) is 11.5. The van der Waals surface area contributed by atoms with Gasteiger partial charge >= 0.3 is 0 Å². The average molecular weight is 564 g/mol. The molecule has 4 heterocycles. The average Bonchev–Trinajstić information content (AvgIpc) is 3.22. The van der Waals surface area contributed by atoms with E-state index < -0.39 is 27.4 Å². The van der Waals surface area contributed by atoms with Crippen molar-refractivity contribution in [1.29, 1.82) is 0 Å². The largest absolute Gasteiger partial charge is 0.396 e. The number of anilines is 1. The summed E-state index contributed by atoms with van der Waals surface area (Å²) in [5, 5.41) is 9.32. The Bertz CT molecular complexity index is 1200. The molecule has 1 unspecified atom stereocenters. The number of thioether (sulfide) groups is 1. The second kappa shape index (κ2) is 11.0. The van der Waals surface area contributed by atoms with E-state index in [9.17, 15) is 19.5 Å². The summed E-state index contributed by atoms with van der Waals surface area (Å²) in [7, 11) is 0. The number of nitrogens with zero attached hydrogens (tertiary/aromatic N) is 3. The highest BCUT2D eigenvalue weighted by Crippen LogP contribution is 2.65. The highest BCUT2D eigenvalue weighted by atomic mass is 32.2. The van der Waals surface area contributed by atoms with Crippen LogP contribution in [0.4, 0.5) is 5.69 Å². The van der Waals surface area contributed by atoms with Crippen LogP contribution in [0.15, 0.2) is 54.6 Å². The number of para-hydroxylation sites is 1. The Kier molecular flexibility index (Phi) is 7.59. The highest BCUT2D eigenvalue weighted by Gasteiger charge is 2.74. The van der Waals surface area contributed by atoms with Crippen molar-refractivity contribution in [1.82, 2.24) is 9.80 Å². The van der Waals surface area contributed by atoms with Gasteiger partial charge in [-0.25, -0.2) is 0 Å². The number of unbranched alkanes of at least 4 members (excludes halogenated alkanes) is 2. The number of likely N-dealkylation sites (tertiary alicyclic amines) is 1. The van der Waals surface area contributed by atoms with Crippen molar-refractivity contribution in [2.45, 2.75) is 79.9 Å². The van der Waals surface area contributed by atoms with Gasteiger partial charge in [0.1, 0.15) is 6.04 Å². The number of amides is 3. The van der Waals surface area contributed by atoms with Crippen LogP contribution in [0.1, 0.15) is 58.3 Å². The molecule has 4 aliphatic heterocycles. The van der Waals surface area contributed by atoms with Gasteiger partial charge in [-0.1, -0.05) is 61.8 Å². The van der Waals surface area contributed by atoms with Gasteiger partial charge < -0.3 is 19.8 Å². The molecular formula is C32H41N3O4S. The SMILES string of the molecule is C[C@]12C=CCN(c3ccccc3)C(=O)[C@H]1[C@H]1C(=O)N(CCCCCO)C3C(=O)N(C4CCCCC4)CC=C[C@@]31S2. The summed E-state index contributed by atoms with van der Waals surface area (Å²) in [5.41, 5.74) is 0.825. The molecule has 8 heteroatoms. The highest BCUT2D eigenvalue weighted by molar-refractivity contribution is 8.02. The maximum absolute atomic E-state index is 14.6. The zero-order valence-electron chi connectivity index (χ0n) is 23.4. The maximum Gasteiger partial charge on any atom is 0.247 e. The van der Waals surface area contributed by atoms with Gasteiger partial charge in [-0.3, -0.25) is 14.4 Å². The van der Waals surface area contributed by atoms with Gasteiger partial charge in [-0.05, 0) is 51.2 Å². The summed E-state index contributed by atoms with van der Waals surface area (Å²) in [5.74, 6) is -1.27. The van der Waals surface area contributed by atoms with Crippen molar-refractivity contribution >= 4 is 35.2 Å². The van der Waals surface area contributed by atoms with E-state index in [1.165, 1.54) is 6.42 Å². The Labute approximate surface area is 241 Å². The van der Waals surface area contributed by atoms with Gasteiger partial charge in [-0.2, -0.15) is 0 Å². The van der Waals surface area contributed by atoms with E-state index in [0.29, 0.717) is 26.1 Å². The second-order valence-electron chi connectivity index (χ2n) is 12.2. The molecule has 1 saturated carbocycles. The molecule has 1 N–H and O–H groups in total. The molecule has 5 aliphatic rings. The molecule has 2 saturated heterocycles. The van der Waals surface area contributed by atoms with Crippen molar-refractivity contribution in [3.63, 3.8) is 0 Å². The minimum Gasteiger partial charge on any atom is -0.396 e. The molecule has 3 amide bonds. The van der Waals surface area contributed by atoms with E-state index in [0.717, 1.165) is 44.2 Å². The normalized spacial score (nSPS) is 34.1. The van der Waals surface area contributed by atoms with E-state index in [1.54, 1.807) is 16.7 Å². The number of aliphatic hydroxyl groups is 1. The molecule has 6 rings (SSSR count). The predicted octanol–water partition coefficient (Wildman–Crippen LogP) is 4.17. The standard InChI is InChI=1S/C32H41N3O4S/c1-31-17-11-20-33(23-13-5-2-6-14-23)28(37)25(31)26-29(38)35(19-9-4-10-22-36)27-30(39)34(24-15-7-3-8-16-24)21-12-18-32(26,27)40-31/h2,5-6,11-14,17-18,24-27,36H,3-4,7-10,15-16,19-22H2,1H3/t25-,26+,27?,31+,32+/m1/s1. The van der Waals surface area contributed by atoms with E-state index in [4.69, 9.17) is 0 Å². The summed E-state index contributed by atoms with van der Waals surface area (Å²) < 4.78 is -1.40. The Morgan fingerprint density at radius 3 is 2.38 bits per heavy atom. The summed E-state index contributed by atoms with van der Waals surface area (Å²) in [6, 6.07) is 9.25. The molecule has 40 heavy (non-hydrogen) atoms. The van der Waals surface area contributed by atoms with Crippen molar-refractivity contribution in [3.8, 4) is 0 Å². The molecule has 1 spiro atoms. The lowest BCUT2D eigenvalue weighted by Gasteiger charge is -2.40. The molecule has 214 valence electrons. The van der Waals surface area contributed by atoms with Crippen LogP contribution in [-0.2, 0) is 14.4 Å². The van der Waals surface area contributed by atoms with Gasteiger partial charge in [0.05, 0.1) is 16.6 Å². The van der Waals surface area contributed by atoms with Crippen molar-refractivity contribution in [2.75, 3.05) is 31.1 Å². The monoisotopic (exact) mass is 563 g/mol. The van der Waals surface area contributed by atoms with E-state index in [1.807, 2.05) is 40.1 Å². The number of hydrogen-bond donors (Lipinski definition) is 1. The number of carbonyl (C=O) groups excluding carboxylic acids is 3. The zero-order chi connectivity index (χ0) is 27.9. The number of aliphatic hydroxyl groups excluding tert-OH is 1. The van der Waals surface area contributed by atoms with Crippen molar-refractivity contribution < 1.29 is 19.5 Å². The summed E-state index contributed by atoms with van der Waals surface area (Å²) in [4.78, 5) is 49.2. The molecule has 5 atom stereocenters. The van der Waals surface area contributed by atoms with Gasteiger partial charge in [0.15, 0.2) is 0 Å². The Morgan fingerprint density at radius 1 is 0.875 bits per heavy atom. The zero-order valence-corrected chi connectivity index (χ0v) is 24.2. The van der Waals surface area contributed by atoms with E-state index in [-0.39, 0.29) is 30.4 Å². The van der Waals surface area contributed by atoms with Crippen LogP contribution < -0.4 is 4.90 Å². The Hall–Kier alpha value is -2.58. The number of fused-ring (bicyclic) bond motifs is 2. The fourth-order valence-corrected chi connectivity index (χ4v) is 10.1. The van der Waals surface area contributed by atoms with Crippen LogP contribution in [0.2, 0.25) is 0 Å². The molecule has 1 aromatic rings. The van der Waals surface area contributed by atoms with Gasteiger partial charge in [-0.15, -0.1) is 11.8 Å². The topological polar surface area (TPSA) is 81.2 Å². The van der Waals surface area contributed by atoms with Crippen molar-refractivity contribution in [2.24, 2.45) is 11.8 Å². The third-order valence-electron chi connectivity index (χ3n) is 9.73. The van der Waals surface area contributed by atoms with Crippen LogP contribution in [0, 0.1) is 11.8 Å². The Balaban J connectivity index is 1.41. The quantitative estimate of drug-likeness (QED) is 0.398. The van der Waals surface area contributed by atoms with Crippen LogP contribution in [0.25, 0.3) is 0 Å². The van der Waals surface area contributed by atoms with Crippen LogP contribution in [-0.4, -0.2) is 80.4 Å². The Morgan fingerprint density at radius 2 is 1.62 bits per heavy atom. The first-order chi connectivity index (χ1) is 19.4. The first-order valence-corrected chi connectivity index (χ1v) is 15.9. The molecule has 3 fully saturated rings. The van der Waals surface area contributed by atoms with Gasteiger partial charge in [0.2, 0.25) is 17.7 Å². The number of benzene rings is 1. The molecule has 0 radical (unpaired) electrons. The van der Waals surface area contributed by atoms with Crippen LogP contribution >= 0.6 is 11.8 Å². The summed E-state index contributed by atoms with van der Waals surface area (Å²) in [6.07, 6.45) is 16.1. The third kappa shape index (κ3) is 4.42. The smallest absolute Gasteiger partial charge is 0.247 e. The van der Waals surface area contributed by atoms with E-state index in [2.05, 4.69) is 31.2 Å². The second-order valence-corrected chi connectivity index (χ2v) is 14.0. The maximum atomic E-state index is 14.6. The number of carbonyl (C=O) groups is 3.